The van der Waals surface area contributed by atoms with E-state index in [1.165, 1.54) is 47.4 Å². The zero-order chi connectivity index (χ0) is 27.6. The zero-order valence-corrected chi connectivity index (χ0v) is 20.1. The highest BCUT2D eigenvalue weighted by Crippen LogP contribution is 2.28. The molecule has 0 aliphatic carbocycles. The Bertz CT molecular complexity index is 1470. The Morgan fingerprint density at radius 2 is 1.87 bits per heavy atom. The van der Waals surface area contributed by atoms with Crippen molar-refractivity contribution in [3.05, 3.63) is 97.5 Å². The number of halogens is 2. The second-order valence-corrected chi connectivity index (χ2v) is 8.45. The molecule has 0 unspecified atom stereocenters. The van der Waals surface area contributed by atoms with Gasteiger partial charge in [0.05, 0.1) is 22.8 Å². The molecule has 4 rings (SSSR count). The molecule has 1 N–H and O–H groups in total. The molecule has 11 nitrogen and oxygen atoms in total. The predicted molar refractivity (Wildman–Crippen MR) is 130 cm³/mol. The number of benzene rings is 2. The van der Waals surface area contributed by atoms with Crippen LogP contribution in [0.1, 0.15) is 32.8 Å². The quantitative estimate of drug-likeness (QED) is 0.255. The predicted octanol–water partition coefficient (Wildman–Crippen LogP) is 2.89. The van der Waals surface area contributed by atoms with E-state index in [-0.39, 0.29) is 43.9 Å². The van der Waals surface area contributed by atoms with E-state index in [1.807, 2.05) is 0 Å². The van der Waals surface area contributed by atoms with Crippen LogP contribution in [0.25, 0.3) is 0 Å². The van der Waals surface area contributed by atoms with E-state index in [0.29, 0.717) is 11.8 Å². The van der Waals surface area contributed by atoms with Gasteiger partial charge in [0.1, 0.15) is 18.3 Å². The number of anilines is 1. The third kappa shape index (κ3) is 5.09. The lowest BCUT2D eigenvalue weighted by atomic mass is 10.0. The Balaban J connectivity index is 1.75. The third-order valence-corrected chi connectivity index (χ3v) is 6.08. The van der Waals surface area contributed by atoms with Crippen molar-refractivity contribution in [1.82, 2.24) is 9.58 Å². The lowest BCUT2D eigenvalue weighted by molar-refractivity contribution is -0.384. The van der Waals surface area contributed by atoms with E-state index in [4.69, 9.17) is 4.74 Å². The molecule has 0 fully saturated rings. The average Bonchev–Trinajstić information content (AvgIpc) is 2.89. The molecule has 0 saturated heterocycles. The minimum atomic E-state index is -1.08. The fourth-order valence-corrected chi connectivity index (χ4v) is 4.05. The monoisotopic (exact) mass is 528 g/mol. The summed E-state index contributed by atoms with van der Waals surface area (Å²) >= 11 is 0. The Labute approximate surface area is 214 Å². The molecule has 3 aromatic rings. The van der Waals surface area contributed by atoms with Crippen molar-refractivity contribution in [2.45, 2.75) is 12.8 Å². The first-order chi connectivity index (χ1) is 18.1. The van der Waals surface area contributed by atoms with E-state index in [2.05, 4.69) is 0 Å². The molecule has 0 spiro atoms. The number of nitro groups is 1. The van der Waals surface area contributed by atoms with Crippen molar-refractivity contribution in [2.24, 2.45) is 0 Å². The van der Waals surface area contributed by atoms with Crippen LogP contribution in [0.3, 0.4) is 0 Å². The minimum Gasteiger partial charge on any atom is -0.502 e. The number of nitrogens with zero attached hydrogens (tertiary/aromatic N) is 4. The fourth-order valence-electron chi connectivity index (χ4n) is 4.05. The smallest absolute Gasteiger partial charge is 0.278 e. The molecular formula is C25H22F2N4O7. The Morgan fingerprint density at radius 1 is 1.16 bits per heavy atom. The van der Waals surface area contributed by atoms with E-state index in [9.17, 15) is 38.4 Å². The van der Waals surface area contributed by atoms with Crippen LogP contribution in [-0.2, 0) is 11.2 Å². The van der Waals surface area contributed by atoms with Crippen LogP contribution in [0.4, 0.5) is 20.2 Å². The molecular weight excluding hydrogens is 506 g/mol. The number of hydrogen-bond donors (Lipinski definition) is 1. The highest BCUT2D eigenvalue weighted by Gasteiger charge is 2.35. The largest absolute Gasteiger partial charge is 0.502 e. The first kappa shape index (κ1) is 26.4. The lowest BCUT2D eigenvalue weighted by Gasteiger charge is -2.39. The zero-order valence-electron chi connectivity index (χ0n) is 20.1. The minimum absolute atomic E-state index is 0.0681. The molecule has 0 bridgehead atoms. The van der Waals surface area contributed by atoms with Gasteiger partial charge in [-0.1, -0.05) is 6.07 Å². The number of carbonyl (C=O) groups is 2. The molecule has 1 amide bonds. The van der Waals surface area contributed by atoms with Crippen LogP contribution in [0.2, 0.25) is 0 Å². The number of pyridine rings is 1. The van der Waals surface area contributed by atoms with Gasteiger partial charge in [-0.25, -0.2) is 13.5 Å². The number of ketones is 1. The first-order valence-corrected chi connectivity index (χ1v) is 11.4. The molecule has 198 valence electrons. The van der Waals surface area contributed by atoms with Crippen molar-refractivity contribution >= 4 is 23.1 Å². The summed E-state index contributed by atoms with van der Waals surface area (Å²) in [6.45, 7) is 0.168. The van der Waals surface area contributed by atoms with Gasteiger partial charge < -0.3 is 14.7 Å². The van der Waals surface area contributed by atoms with Gasteiger partial charge in [0, 0.05) is 44.5 Å². The van der Waals surface area contributed by atoms with Crippen LogP contribution in [-0.4, -0.2) is 58.2 Å². The highest BCUT2D eigenvalue weighted by molar-refractivity contribution is 6.00. The summed E-state index contributed by atoms with van der Waals surface area (Å²) in [6.07, 6.45) is 0.637. The number of non-ortho nitro benzene ring substituents is 1. The second-order valence-electron chi connectivity index (χ2n) is 8.45. The van der Waals surface area contributed by atoms with Gasteiger partial charge in [-0.05, 0) is 30.2 Å². The second kappa shape index (κ2) is 10.8. The highest BCUT2D eigenvalue weighted by atomic mass is 19.1. The third-order valence-electron chi connectivity index (χ3n) is 6.08. The summed E-state index contributed by atoms with van der Waals surface area (Å²) in [5.41, 5.74) is -1.67. The Kier molecular flexibility index (Phi) is 7.48. The average molecular weight is 528 g/mol. The van der Waals surface area contributed by atoms with Gasteiger partial charge in [0.15, 0.2) is 17.2 Å². The maximum Gasteiger partial charge on any atom is 0.278 e. The topological polar surface area (TPSA) is 135 Å². The summed E-state index contributed by atoms with van der Waals surface area (Å²) in [6, 6.07) is 8.25. The molecule has 2 heterocycles. The van der Waals surface area contributed by atoms with Crippen LogP contribution >= 0.6 is 0 Å². The van der Waals surface area contributed by atoms with Crippen LogP contribution < -0.4 is 10.4 Å². The van der Waals surface area contributed by atoms with E-state index < -0.39 is 50.7 Å². The molecule has 1 aromatic heterocycles. The molecule has 0 saturated carbocycles. The number of carbonyl (C=O) groups excluding carboxylic acids is 2. The molecule has 2 aromatic carbocycles. The van der Waals surface area contributed by atoms with Gasteiger partial charge >= 0.3 is 0 Å². The Hall–Kier alpha value is -4.65. The number of methoxy groups -OCH3 is 1. The van der Waals surface area contributed by atoms with Crippen LogP contribution in [0, 0.1) is 21.7 Å². The standard InChI is InChI=1S/C25H22F2N4O7/c1-38-11-10-28-14-30(17-5-7-18(8-6-17)31(36)37)29-13-19(23(33)24(34)22(29)25(28)35)21(32)9-3-15-2-4-16(26)12-20(15)27/h2,4-8,12-13,34H,3,9-11,14H2,1H3. The number of aromatic hydroxyl groups is 1. The summed E-state index contributed by atoms with van der Waals surface area (Å²) < 4.78 is 33.4. The maximum absolute atomic E-state index is 14.0. The number of amides is 1. The van der Waals surface area contributed by atoms with Gasteiger partial charge in [-0.15, -0.1) is 0 Å². The van der Waals surface area contributed by atoms with E-state index in [1.54, 1.807) is 0 Å². The van der Waals surface area contributed by atoms with Crippen molar-refractivity contribution < 1.29 is 33.1 Å². The van der Waals surface area contributed by atoms with Gasteiger partial charge in [-0.2, -0.15) is 0 Å². The summed E-state index contributed by atoms with van der Waals surface area (Å²) in [7, 11) is 1.44. The number of fused-ring (bicyclic) bond motifs is 1. The first-order valence-electron chi connectivity index (χ1n) is 11.4. The number of nitro benzene ring substituents is 1. The molecule has 38 heavy (non-hydrogen) atoms. The SMILES string of the molecule is COCCN1CN(c2ccc([N+](=O)[O-])cc2)n2cc(C(=O)CCc3ccc(F)cc3F)c(=O)c(O)c2C1=O. The molecule has 0 atom stereocenters. The molecule has 1 aliphatic heterocycles. The van der Waals surface area contributed by atoms with Crippen molar-refractivity contribution in [3.63, 3.8) is 0 Å². The number of rotatable bonds is 9. The van der Waals surface area contributed by atoms with Crippen molar-refractivity contribution in [2.75, 3.05) is 31.9 Å². The lowest BCUT2D eigenvalue weighted by Crippen LogP contribution is -2.53. The molecule has 1 aliphatic rings. The number of Topliss-reactive ketones (excluding diaryl/α,β-unsaturated/α-hetero) is 1. The molecule has 0 radical (unpaired) electrons. The van der Waals surface area contributed by atoms with Gasteiger partial charge in [0.25, 0.3) is 11.6 Å². The van der Waals surface area contributed by atoms with Gasteiger partial charge in [-0.3, -0.25) is 29.5 Å². The van der Waals surface area contributed by atoms with Crippen LogP contribution in [0.5, 0.6) is 5.75 Å². The van der Waals surface area contributed by atoms with Gasteiger partial charge in [0.2, 0.25) is 5.43 Å². The number of ether oxygens (including phenoxy) is 1. The fraction of sp³-hybridized carbons (Fsp3) is 0.240. The van der Waals surface area contributed by atoms with E-state index >= 15 is 0 Å². The normalized spacial score (nSPS) is 13.0. The number of aromatic nitrogens is 1. The molecule has 13 heteroatoms. The van der Waals surface area contributed by atoms with E-state index in [0.717, 1.165) is 16.9 Å². The number of aryl methyl sites for hydroxylation is 1. The summed E-state index contributed by atoms with van der Waals surface area (Å²) in [5, 5.41) is 23.3. The summed E-state index contributed by atoms with van der Waals surface area (Å²) in [4.78, 5) is 50.9. The number of hydrogen-bond acceptors (Lipinski definition) is 8. The Morgan fingerprint density at radius 3 is 2.50 bits per heavy atom. The van der Waals surface area contributed by atoms with Crippen molar-refractivity contribution in [3.8, 4) is 5.75 Å². The maximum atomic E-state index is 14.0. The summed E-state index contributed by atoms with van der Waals surface area (Å²) in [5.74, 6) is -3.99. The van der Waals surface area contributed by atoms with Crippen molar-refractivity contribution in [1.29, 1.82) is 0 Å². The van der Waals surface area contributed by atoms with Crippen LogP contribution in [0.15, 0.2) is 53.5 Å².